The fourth-order valence-corrected chi connectivity index (χ4v) is 2.87. The van der Waals surface area contributed by atoms with Crippen molar-refractivity contribution in [3.8, 4) is 0 Å². The van der Waals surface area contributed by atoms with Crippen molar-refractivity contribution < 1.29 is 24.2 Å². The van der Waals surface area contributed by atoms with Crippen molar-refractivity contribution in [1.29, 1.82) is 0 Å². The Bertz CT molecular complexity index is 614. The lowest BCUT2D eigenvalue weighted by atomic mass is 9.88. The molecule has 0 aliphatic heterocycles. The fraction of sp³-hybridized carbons (Fsp3) is 0.500. The molecular weight excluding hydrogens is 324 g/mol. The molecule has 0 unspecified atom stereocenters. The molecule has 1 fully saturated rings. The number of ether oxygens (including phenoxy) is 1. The van der Waals surface area contributed by atoms with Gasteiger partial charge in [0, 0.05) is 11.3 Å². The highest BCUT2D eigenvalue weighted by Gasteiger charge is 2.22. The van der Waals surface area contributed by atoms with Crippen molar-refractivity contribution in [3.63, 3.8) is 0 Å². The number of aliphatic carboxylic acids is 1. The number of amides is 2. The average Bonchev–Trinajstić information content (AvgIpc) is 2.59. The molecule has 0 radical (unpaired) electrons. The summed E-state index contributed by atoms with van der Waals surface area (Å²) in [6, 6.07) is 6.24. The molecule has 3 N–H and O–H groups in total. The minimum absolute atomic E-state index is 0.00978. The van der Waals surface area contributed by atoms with Gasteiger partial charge in [-0.25, -0.2) is 0 Å². The molecule has 7 heteroatoms. The molecule has 7 nitrogen and oxygen atoms in total. The first-order valence-corrected chi connectivity index (χ1v) is 8.47. The maximum Gasteiger partial charge on any atom is 0.322 e. The van der Waals surface area contributed by atoms with Crippen molar-refractivity contribution in [1.82, 2.24) is 5.32 Å². The van der Waals surface area contributed by atoms with Gasteiger partial charge in [-0.05, 0) is 43.0 Å². The second-order valence-corrected chi connectivity index (χ2v) is 6.31. The summed E-state index contributed by atoms with van der Waals surface area (Å²) in [7, 11) is 0. The van der Waals surface area contributed by atoms with E-state index in [4.69, 9.17) is 9.84 Å². The van der Waals surface area contributed by atoms with Gasteiger partial charge in [0.25, 0.3) is 5.91 Å². The molecule has 0 spiro atoms. The standard InChI is InChI=1S/C18H24N2O5/c1-12-4-2-3-5-15(12)25-11-16(21)20-14-8-6-13(7-9-14)18(24)19-10-17(22)23/h6-9,12,15H,2-5,10-11H2,1H3,(H,19,24)(H,20,21)(H,22,23)/t12-,15-/m0/s1. The van der Waals surface area contributed by atoms with Crippen LogP contribution in [0.3, 0.4) is 0 Å². The van der Waals surface area contributed by atoms with Gasteiger partial charge in [-0.15, -0.1) is 0 Å². The third kappa shape index (κ3) is 6.19. The van der Waals surface area contributed by atoms with Gasteiger partial charge in [0.2, 0.25) is 5.91 Å². The van der Waals surface area contributed by atoms with Gasteiger partial charge in [0.15, 0.2) is 0 Å². The number of hydrogen-bond acceptors (Lipinski definition) is 4. The topological polar surface area (TPSA) is 105 Å². The zero-order chi connectivity index (χ0) is 18.2. The maximum atomic E-state index is 12.0. The van der Waals surface area contributed by atoms with Crippen molar-refractivity contribution in [2.75, 3.05) is 18.5 Å². The van der Waals surface area contributed by atoms with Gasteiger partial charge in [0.1, 0.15) is 13.2 Å². The smallest absolute Gasteiger partial charge is 0.322 e. The van der Waals surface area contributed by atoms with E-state index in [0.717, 1.165) is 19.3 Å². The highest BCUT2D eigenvalue weighted by atomic mass is 16.5. The van der Waals surface area contributed by atoms with Gasteiger partial charge >= 0.3 is 5.97 Å². The van der Waals surface area contributed by atoms with Crippen molar-refractivity contribution >= 4 is 23.5 Å². The Labute approximate surface area is 146 Å². The summed E-state index contributed by atoms with van der Waals surface area (Å²) >= 11 is 0. The molecular formula is C18H24N2O5. The van der Waals surface area contributed by atoms with Gasteiger partial charge in [-0.2, -0.15) is 0 Å². The first kappa shape index (κ1) is 18.9. The van der Waals surface area contributed by atoms with E-state index < -0.39 is 18.4 Å². The van der Waals surface area contributed by atoms with E-state index in [1.807, 2.05) is 0 Å². The van der Waals surface area contributed by atoms with Crippen molar-refractivity contribution in [3.05, 3.63) is 29.8 Å². The van der Waals surface area contributed by atoms with Gasteiger partial charge in [-0.3, -0.25) is 14.4 Å². The summed E-state index contributed by atoms with van der Waals surface area (Å²) in [5.74, 6) is -1.34. The van der Waals surface area contributed by atoms with Gasteiger partial charge in [0.05, 0.1) is 6.10 Å². The molecule has 2 rings (SSSR count). The molecule has 2 amide bonds. The number of anilines is 1. The summed E-state index contributed by atoms with van der Waals surface area (Å²) in [5.41, 5.74) is 0.881. The number of hydrogen-bond donors (Lipinski definition) is 3. The van der Waals surface area contributed by atoms with E-state index in [1.165, 1.54) is 18.6 Å². The molecule has 0 aromatic heterocycles. The molecule has 1 aliphatic carbocycles. The minimum Gasteiger partial charge on any atom is -0.480 e. The lowest BCUT2D eigenvalue weighted by Gasteiger charge is -2.28. The molecule has 136 valence electrons. The van der Waals surface area contributed by atoms with E-state index in [2.05, 4.69) is 17.6 Å². The monoisotopic (exact) mass is 348 g/mol. The lowest BCUT2D eigenvalue weighted by Crippen LogP contribution is -2.30. The Morgan fingerprint density at radius 3 is 2.48 bits per heavy atom. The van der Waals surface area contributed by atoms with Crippen LogP contribution in [0.4, 0.5) is 5.69 Å². The summed E-state index contributed by atoms with van der Waals surface area (Å²) in [4.78, 5) is 34.1. The van der Waals surface area contributed by atoms with Gasteiger partial charge < -0.3 is 20.5 Å². The third-order valence-electron chi connectivity index (χ3n) is 4.29. The number of benzene rings is 1. The maximum absolute atomic E-state index is 12.0. The van der Waals surface area contributed by atoms with Crippen LogP contribution in [0.2, 0.25) is 0 Å². The van der Waals surface area contributed by atoms with E-state index in [9.17, 15) is 14.4 Å². The third-order valence-corrected chi connectivity index (χ3v) is 4.29. The summed E-state index contributed by atoms with van der Waals surface area (Å²) < 4.78 is 5.71. The number of carboxylic acids is 1. The van der Waals surface area contributed by atoms with Crippen LogP contribution in [0.15, 0.2) is 24.3 Å². The zero-order valence-corrected chi connectivity index (χ0v) is 14.3. The predicted octanol–water partition coefficient (Wildman–Crippen LogP) is 2.03. The molecule has 1 aliphatic rings. The van der Waals surface area contributed by atoms with Crippen LogP contribution in [-0.4, -0.2) is 42.1 Å². The second-order valence-electron chi connectivity index (χ2n) is 6.31. The molecule has 1 aromatic rings. The van der Waals surface area contributed by atoms with Crippen LogP contribution in [0.25, 0.3) is 0 Å². The highest BCUT2D eigenvalue weighted by molar-refractivity contribution is 5.97. The summed E-state index contributed by atoms with van der Waals surface area (Å²) in [5, 5.41) is 13.5. The SMILES string of the molecule is C[C@H]1CCCC[C@@H]1OCC(=O)Nc1ccc(C(=O)NCC(=O)O)cc1. The summed E-state index contributed by atoms with van der Waals surface area (Å²) in [6.45, 7) is 1.72. The predicted molar refractivity (Wildman–Crippen MR) is 92.4 cm³/mol. The Morgan fingerprint density at radius 1 is 1.16 bits per heavy atom. The molecule has 2 atom stereocenters. The molecule has 25 heavy (non-hydrogen) atoms. The second kappa shape index (κ2) is 9.17. The minimum atomic E-state index is -1.11. The molecule has 0 bridgehead atoms. The fourth-order valence-electron chi connectivity index (χ4n) is 2.87. The Kier molecular flexibility index (Phi) is 6.94. The Hall–Kier alpha value is -2.41. The first-order chi connectivity index (χ1) is 12.0. The molecule has 1 aromatic carbocycles. The van der Waals surface area contributed by atoms with E-state index in [1.54, 1.807) is 12.1 Å². The normalized spacial score (nSPS) is 19.9. The highest BCUT2D eigenvalue weighted by Crippen LogP contribution is 2.26. The first-order valence-electron chi connectivity index (χ1n) is 8.47. The Balaban J connectivity index is 1.78. The van der Waals surface area contributed by atoms with Crippen LogP contribution in [0, 0.1) is 5.92 Å². The zero-order valence-electron chi connectivity index (χ0n) is 14.3. The quantitative estimate of drug-likeness (QED) is 0.699. The average molecular weight is 348 g/mol. The van der Waals surface area contributed by atoms with Crippen LogP contribution in [0.1, 0.15) is 43.0 Å². The van der Waals surface area contributed by atoms with Crippen LogP contribution < -0.4 is 10.6 Å². The number of carboxylic acid groups (broad SMARTS) is 1. The molecule has 0 heterocycles. The number of nitrogens with one attached hydrogen (secondary N) is 2. The van der Waals surface area contributed by atoms with E-state index in [0.29, 0.717) is 17.2 Å². The molecule has 1 saturated carbocycles. The lowest BCUT2D eigenvalue weighted by molar-refractivity contribution is -0.135. The van der Waals surface area contributed by atoms with Crippen LogP contribution in [0.5, 0.6) is 0 Å². The number of carbonyl (C=O) groups excluding carboxylic acids is 2. The molecule has 0 saturated heterocycles. The van der Waals surface area contributed by atoms with E-state index in [-0.39, 0.29) is 18.6 Å². The van der Waals surface area contributed by atoms with Gasteiger partial charge in [-0.1, -0.05) is 19.8 Å². The van der Waals surface area contributed by atoms with Crippen molar-refractivity contribution in [2.24, 2.45) is 5.92 Å². The van der Waals surface area contributed by atoms with Crippen LogP contribution >= 0.6 is 0 Å². The van der Waals surface area contributed by atoms with E-state index >= 15 is 0 Å². The largest absolute Gasteiger partial charge is 0.480 e. The van der Waals surface area contributed by atoms with Crippen molar-refractivity contribution in [2.45, 2.75) is 38.7 Å². The number of carbonyl (C=O) groups is 3. The Morgan fingerprint density at radius 2 is 1.84 bits per heavy atom. The number of rotatable bonds is 7. The summed E-state index contributed by atoms with van der Waals surface area (Å²) in [6.07, 6.45) is 4.63. The van der Waals surface area contributed by atoms with Crippen LogP contribution in [-0.2, 0) is 14.3 Å².